The summed E-state index contributed by atoms with van der Waals surface area (Å²) >= 11 is 0. The fraction of sp³-hybridized carbons (Fsp3) is 0.538. The standard InChI is InChI=1S/C13H12F9O4P/c14-11(15,16)6-24-10(9-4-2-1-3-5-9)27(23,25-7-12(17,18)19)26-8-13(20,21)22/h1-5,10H,6-8H2. The molecule has 4 nitrogen and oxygen atoms in total. The molecule has 14 heteroatoms. The molecular formula is C13H12F9O4P. The first kappa shape index (κ1) is 23.7. The Labute approximate surface area is 146 Å². The van der Waals surface area contributed by atoms with Crippen LogP contribution in [0.15, 0.2) is 30.3 Å². The van der Waals surface area contributed by atoms with Crippen molar-refractivity contribution in [3.63, 3.8) is 0 Å². The van der Waals surface area contributed by atoms with Crippen molar-refractivity contribution < 1.29 is 57.9 Å². The molecule has 0 aromatic heterocycles. The van der Waals surface area contributed by atoms with Crippen molar-refractivity contribution in [3.8, 4) is 0 Å². The molecule has 0 N–H and O–H groups in total. The summed E-state index contributed by atoms with van der Waals surface area (Å²) in [7, 11) is -5.49. The first-order chi connectivity index (χ1) is 12.1. The smallest absolute Gasteiger partial charge is 0.351 e. The highest BCUT2D eigenvalue weighted by atomic mass is 31.2. The Hall–Kier alpha value is -1.30. The summed E-state index contributed by atoms with van der Waals surface area (Å²) in [6.07, 6.45) is -15.3. The van der Waals surface area contributed by atoms with Gasteiger partial charge in [-0.05, 0) is 5.56 Å². The van der Waals surface area contributed by atoms with E-state index in [9.17, 15) is 44.1 Å². The van der Waals surface area contributed by atoms with E-state index in [1.54, 1.807) is 0 Å². The monoisotopic (exact) mass is 434 g/mol. The molecule has 0 aliphatic carbocycles. The highest BCUT2D eigenvalue weighted by Crippen LogP contribution is 2.62. The lowest BCUT2D eigenvalue weighted by Gasteiger charge is -2.28. The maximum atomic E-state index is 12.6. The Morgan fingerprint density at radius 1 is 0.741 bits per heavy atom. The zero-order chi connectivity index (χ0) is 20.9. The number of hydrogen-bond donors (Lipinski definition) is 0. The molecular weight excluding hydrogens is 422 g/mol. The van der Waals surface area contributed by atoms with Gasteiger partial charge >= 0.3 is 26.1 Å². The van der Waals surface area contributed by atoms with Crippen molar-refractivity contribution in [2.24, 2.45) is 0 Å². The quantitative estimate of drug-likeness (QED) is 0.394. The zero-order valence-corrected chi connectivity index (χ0v) is 14.0. The third-order valence-corrected chi connectivity index (χ3v) is 4.59. The fourth-order valence-corrected chi connectivity index (χ4v) is 3.45. The summed E-state index contributed by atoms with van der Waals surface area (Å²) in [5.74, 6) is -2.47. The molecule has 0 amide bonds. The van der Waals surface area contributed by atoms with E-state index in [0.717, 1.165) is 12.1 Å². The average molecular weight is 434 g/mol. The normalized spacial score (nSPS) is 15.0. The number of alkyl halides is 9. The second kappa shape index (κ2) is 8.80. The minimum atomic E-state index is -5.49. The highest BCUT2D eigenvalue weighted by molar-refractivity contribution is 7.54. The van der Waals surface area contributed by atoms with E-state index < -0.39 is 57.4 Å². The Morgan fingerprint density at radius 2 is 1.15 bits per heavy atom. The molecule has 156 valence electrons. The lowest BCUT2D eigenvalue weighted by atomic mass is 10.2. The summed E-state index contributed by atoms with van der Waals surface area (Å²) in [5.41, 5.74) is -0.422. The van der Waals surface area contributed by atoms with Gasteiger partial charge in [-0.15, -0.1) is 0 Å². The van der Waals surface area contributed by atoms with Crippen LogP contribution in [0.4, 0.5) is 39.5 Å². The highest BCUT2D eigenvalue weighted by Gasteiger charge is 2.46. The lowest BCUT2D eigenvalue weighted by molar-refractivity contribution is -0.186. The molecule has 0 aliphatic rings. The molecule has 1 aromatic rings. The van der Waals surface area contributed by atoms with Crippen molar-refractivity contribution in [3.05, 3.63) is 35.9 Å². The van der Waals surface area contributed by atoms with Crippen molar-refractivity contribution >= 4 is 7.60 Å². The van der Waals surface area contributed by atoms with Gasteiger partial charge < -0.3 is 4.74 Å². The van der Waals surface area contributed by atoms with Crippen LogP contribution in [0.25, 0.3) is 0 Å². The van der Waals surface area contributed by atoms with Crippen LogP contribution in [0.1, 0.15) is 11.4 Å². The van der Waals surface area contributed by atoms with Crippen LogP contribution in [-0.2, 0) is 18.3 Å². The lowest BCUT2D eigenvalue weighted by Crippen LogP contribution is -2.25. The van der Waals surface area contributed by atoms with Crippen LogP contribution in [0.3, 0.4) is 0 Å². The van der Waals surface area contributed by atoms with Gasteiger partial charge in [0.1, 0.15) is 6.61 Å². The molecule has 1 atom stereocenters. The first-order valence-corrected chi connectivity index (χ1v) is 8.48. The van der Waals surface area contributed by atoms with Gasteiger partial charge in [0.2, 0.25) is 0 Å². The van der Waals surface area contributed by atoms with E-state index >= 15 is 0 Å². The molecule has 0 spiro atoms. The minimum absolute atomic E-state index is 0.422. The second-order valence-corrected chi connectivity index (χ2v) is 7.07. The van der Waals surface area contributed by atoms with Crippen LogP contribution >= 0.6 is 7.60 Å². The Kier molecular flexibility index (Phi) is 7.74. The van der Waals surface area contributed by atoms with Gasteiger partial charge in [0.05, 0.1) is 0 Å². The van der Waals surface area contributed by atoms with Gasteiger partial charge in [-0.3, -0.25) is 13.6 Å². The molecule has 0 fully saturated rings. The number of halogens is 9. The van der Waals surface area contributed by atoms with Crippen LogP contribution < -0.4 is 0 Å². The van der Waals surface area contributed by atoms with Gasteiger partial charge in [0, 0.05) is 0 Å². The second-order valence-electron chi connectivity index (χ2n) is 5.01. The largest absolute Gasteiger partial charge is 0.412 e. The molecule has 1 rings (SSSR count). The molecule has 1 unspecified atom stereocenters. The summed E-state index contributed by atoms with van der Waals surface area (Å²) < 4.78 is 136. The summed E-state index contributed by atoms with van der Waals surface area (Å²) in [6.45, 7) is -6.75. The maximum Gasteiger partial charge on any atom is 0.412 e. The van der Waals surface area contributed by atoms with E-state index in [1.165, 1.54) is 18.2 Å². The molecule has 0 bridgehead atoms. The molecule has 0 radical (unpaired) electrons. The minimum Gasteiger partial charge on any atom is -0.351 e. The predicted molar refractivity (Wildman–Crippen MR) is 72.8 cm³/mol. The SMILES string of the molecule is O=P(OCC(F)(F)F)(OCC(F)(F)F)C(OCC(F)(F)F)c1ccccc1. The van der Waals surface area contributed by atoms with Crippen LogP contribution in [-0.4, -0.2) is 38.3 Å². The molecule has 0 saturated heterocycles. The van der Waals surface area contributed by atoms with E-state index in [0.29, 0.717) is 0 Å². The van der Waals surface area contributed by atoms with Crippen molar-refractivity contribution in [2.75, 3.05) is 19.8 Å². The van der Waals surface area contributed by atoms with Gasteiger partial charge in [-0.1, -0.05) is 30.3 Å². The van der Waals surface area contributed by atoms with E-state index in [2.05, 4.69) is 13.8 Å². The Bertz CT molecular complexity index is 605. The zero-order valence-electron chi connectivity index (χ0n) is 13.1. The predicted octanol–water partition coefficient (Wildman–Crippen LogP) is 5.62. The summed E-state index contributed by atoms with van der Waals surface area (Å²) in [5, 5.41) is 0. The molecule has 0 heterocycles. The molecule has 27 heavy (non-hydrogen) atoms. The molecule has 0 aliphatic heterocycles. The Balaban J connectivity index is 3.23. The van der Waals surface area contributed by atoms with Crippen molar-refractivity contribution in [1.29, 1.82) is 0 Å². The van der Waals surface area contributed by atoms with Crippen LogP contribution in [0.5, 0.6) is 0 Å². The van der Waals surface area contributed by atoms with Gasteiger partial charge in [0.15, 0.2) is 19.1 Å². The van der Waals surface area contributed by atoms with Gasteiger partial charge in [-0.2, -0.15) is 39.5 Å². The maximum absolute atomic E-state index is 12.6. The van der Waals surface area contributed by atoms with Crippen molar-refractivity contribution in [1.82, 2.24) is 0 Å². The van der Waals surface area contributed by atoms with Crippen molar-refractivity contribution in [2.45, 2.75) is 24.4 Å². The number of benzene rings is 1. The van der Waals surface area contributed by atoms with Crippen LogP contribution in [0, 0.1) is 0 Å². The summed E-state index contributed by atoms with van der Waals surface area (Å²) in [4.78, 5) is 0. The van der Waals surface area contributed by atoms with Gasteiger partial charge in [-0.25, -0.2) is 0 Å². The third kappa shape index (κ3) is 9.45. The third-order valence-electron chi connectivity index (χ3n) is 2.59. The first-order valence-electron chi connectivity index (χ1n) is 6.87. The Morgan fingerprint density at radius 3 is 1.52 bits per heavy atom. The fourth-order valence-electron chi connectivity index (χ4n) is 1.66. The van der Waals surface area contributed by atoms with E-state index in [1.807, 2.05) is 0 Å². The van der Waals surface area contributed by atoms with E-state index in [-0.39, 0.29) is 0 Å². The molecule has 0 saturated carbocycles. The number of rotatable bonds is 8. The number of hydrogen-bond acceptors (Lipinski definition) is 4. The summed E-state index contributed by atoms with van der Waals surface area (Å²) in [6, 6.07) is 5.71. The van der Waals surface area contributed by atoms with Crippen LogP contribution in [0.2, 0.25) is 0 Å². The van der Waals surface area contributed by atoms with E-state index in [4.69, 9.17) is 0 Å². The topological polar surface area (TPSA) is 44.8 Å². The van der Waals surface area contributed by atoms with Gasteiger partial charge in [0.25, 0.3) is 0 Å². The number of ether oxygens (including phenoxy) is 1. The molecule has 1 aromatic carbocycles. The average Bonchev–Trinajstić information content (AvgIpc) is 2.50.